The number of nitrogens with one attached hydrogen (secondary N) is 2. The molecule has 100 valence electrons. The van der Waals surface area contributed by atoms with Gasteiger partial charge < -0.3 is 20.2 Å². The summed E-state index contributed by atoms with van der Waals surface area (Å²) in [5, 5.41) is 5.16. The van der Waals surface area contributed by atoms with Crippen LogP contribution in [0.5, 0.6) is 0 Å². The summed E-state index contributed by atoms with van der Waals surface area (Å²) in [5.74, 6) is -0.611. The number of hydrogen-bond donors (Lipinski definition) is 2. The fourth-order valence-corrected chi connectivity index (χ4v) is 1.78. The van der Waals surface area contributed by atoms with Crippen molar-refractivity contribution < 1.29 is 19.2 Å². The molecule has 2 atom stereocenters. The number of carbonyl (C=O) groups is 4. The molecule has 1 fully saturated rings. The van der Waals surface area contributed by atoms with Gasteiger partial charge in [0.25, 0.3) is 0 Å². The molecule has 0 radical (unpaired) electrons. The Kier molecular flexibility index (Phi) is 5.00. The SMILES string of the molecule is CC(=O)CCC1NC(=O)C(CCC(C)=O)NC1=O. The van der Waals surface area contributed by atoms with E-state index in [4.69, 9.17) is 0 Å². The van der Waals surface area contributed by atoms with E-state index in [2.05, 4.69) is 10.6 Å². The third-order valence-electron chi connectivity index (χ3n) is 2.84. The first kappa shape index (κ1) is 14.3. The summed E-state index contributed by atoms with van der Waals surface area (Å²) in [4.78, 5) is 45.0. The second-order valence-corrected chi connectivity index (χ2v) is 4.60. The lowest BCUT2D eigenvalue weighted by Crippen LogP contribution is -2.61. The average molecular weight is 254 g/mol. The molecule has 0 bridgehead atoms. The summed E-state index contributed by atoms with van der Waals surface area (Å²) >= 11 is 0. The first-order valence-electron chi connectivity index (χ1n) is 5.99. The quantitative estimate of drug-likeness (QED) is 0.681. The molecule has 1 rings (SSSR count). The molecule has 6 heteroatoms. The molecule has 0 aromatic rings. The highest BCUT2D eigenvalue weighted by Crippen LogP contribution is 2.08. The van der Waals surface area contributed by atoms with Crippen LogP contribution in [0.1, 0.15) is 39.5 Å². The Labute approximate surface area is 105 Å². The van der Waals surface area contributed by atoms with Crippen LogP contribution in [0.4, 0.5) is 0 Å². The van der Waals surface area contributed by atoms with E-state index < -0.39 is 12.1 Å². The van der Waals surface area contributed by atoms with Crippen molar-refractivity contribution in [3.8, 4) is 0 Å². The van der Waals surface area contributed by atoms with Gasteiger partial charge in [0.2, 0.25) is 11.8 Å². The van der Waals surface area contributed by atoms with Crippen molar-refractivity contribution in [2.45, 2.75) is 51.6 Å². The number of piperazine rings is 1. The Morgan fingerprint density at radius 2 is 1.22 bits per heavy atom. The molecule has 2 N–H and O–H groups in total. The van der Waals surface area contributed by atoms with Crippen LogP contribution in [0, 0.1) is 0 Å². The molecule has 1 heterocycles. The molecule has 18 heavy (non-hydrogen) atoms. The van der Waals surface area contributed by atoms with Gasteiger partial charge in [-0.1, -0.05) is 0 Å². The summed E-state index contributed by atoms with van der Waals surface area (Å²) in [6, 6.07) is -1.29. The van der Waals surface area contributed by atoms with Crippen LogP contribution in [0.15, 0.2) is 0 Å². The largest absolute Gasteiger partial charge is 0.343 e. The van der Waals surface area contributed by atoms with Gasteiger partial charge >= 0.3 is 0 Å². The van der Waals surface area contributed by atoms with Crippen molar-refractivity contribution in [1.29, 1.82) is 0 Å². The van der Waals surface area contributed by atoms with Gasteiger partial charge in [0.1, 0.15) is 23.7 Å². The van der Waals surface area contributed by atoms with Crippen LogP contribution in [0.2, 0.25) is 0 Å². The number of Topliss-reactive ketones (excluding diaryl/α,β-unsaturated/α-hetero) is 2. The third kappa shape index (κ3) is 4.27. The first-order valence-corrected chi connectivity index (χ1v) is 5.99. The van der Waals surface area contributed by atoms with E-state index in [0.29, 0.717) is 12.8 Å². The predicted octanol–water partition coefficient (Wildman–Crippen LogP) is -0.292. The standard InChI is InChI=1S/C12H18N2O4/c1-7(15)3-5-9-11(17)14-10(12(18)13-9)6-4-8(2)16/h9-10H,3-6H2,1-2H3,(H,13,18)(H,14,17). The van der Waals surface area contributed by atoms with Crippen LogP contribution in [-0.2, 0) is 19.2 Å². The van der Waals surface area contributed by atoms with Crippen molar-refractivity contribution in [3.05, 3.63) is 0 Å². The molecule has 0 aromatic heterocycles. The summed E-state index contributed by atoms with van der Waals surface area (Å²) in [5.41, 5.74) is 0. The van der Waals surface area contributed by atoms with E-state index in [1.54, 1.807) is 0 Å². The van der Waals surface area contributed by atoms with Crippen LogP contribution in [-0.4, -0.2) is 35.5 Å². The van der Waals surface area contributed by atoms with Crippen molar-refractivity contribution in [3.63, 3.8) is 0 Å². The van der Waals surface area contributed by atoms with Gasteiger partial charge in [-0.05, 0) is 26.7 Å². The maximum atomic E-state index is 11.7. The maximum Gasteiger partial charge on any atom is 0.243 e. The molecular weight excluding hydrogens is 236 g/mol. The Bertz CT molecular complexity index is 342. The number of rotatable bonds is 6. The molecule has 2 unspecified atom stereocenters. The van der Waals surface area contributed by atoms with Gasteiger partial charge in [-0.25, -0.2) is 0 Å². The number of amides is 2. The lowest BCUT2D eigenvalue weighted by Gasteiger charge is -2.29. The van der Waals surface area contributed by atoms with Crippen molar-refractivity contribution in [2.75, 3.05) is 0 Å². The summed E-state index contributed by atoms with van der Waals surface area (Å²) in [6.45, 7) is 2.89. The Balaban J connectivity index is 2.48. The predicted molar refractivity (Wildman–Crippen MR) is 63.7 cm³/mol. The van der Waals surface area contributed by atoms with Crippen LogP contribution < -0.4 is 10.6 Å². The zero-order valence-corrected chi connectivity index (χ0v) is 10.6. The van der Waals surface area contributed by atoms with Gasteiger partial charge in [-0.2, -0.15) is 0 Å². The van der Waals surface area contributed by atoms with E-state index in [1.165, 1.54) is 13.8 Å². The molecule has 6 nitrogen and oxygen atoms in total. The molecule has 0 aliphatic carbocycles. The van der Waals surface area contributed by atoms with E-state index in [0.717, 1.165) is 0 Å². The zero-order valence-electron chi connectivity index (χ0n) is 10.6. The first-order chi connectivity index (χ1) is 8.40. The van der Waals surface area contributed by atoms with Crippen molar-refractivity contribution in [1.82, 2.24) is 10.6 Å². The molecular formula is C12H18N2O4. The van der Waals surface area contributed by atoms with Crippen LogP contribution >= 0.6 is 0 Å². The second-order valence-electron chi connectivity index (χ2n) is 4.60. The topological polar surface area (TPSA) is 92.3 Å². The highest BCUT2D eigenvalue weighted by molar-refractivity contribution is 5.97. The number of carbonyl (C=O) groups excluding carboxylic acids is 4. The molecule has 0 aromatic carbocycles. The van der Waals surface area contributed by atoms with Gasteiger partial charge in [0.15, 0.2) is 0 Å². The van der Waals surface area contributed by atoms with Crippen molar-refractivity contribution in [2.24, 2.45) is 0 Å². The minimum absolute atomic E-state index is 0.0178. The number of hydrogen-bond acceptors (Lipinski definition) is 4. The van der Waals surface area contributed by atoms with E-state index in [1.807, 2.05) is 0 Å². The minimum Gasteiger partial charge on any atom is -0.343 e. The number of ketones is 2. The molecule has 1 aliphatic heterocycles. The van der Waals surface area contributed by atoms with Gasteiger partial charge in [-0.15, -0.1) is 0 Å². The smallest absolute Gasteiger partial charge is 0.243 e. The molecule has 1 aliphatic rings. The Morgan fingerprint density at radius 3 is 1.50 bits per heavy atom. The van der Waals surface area contributed by atoms with Gasteiger partial charge in [0.05, 0.1) is 0 Å². The minimum atomic E-state index is -0.644. The summed E-state index contributed by atoms with van der Waals surface area (Å²) < 4.78 is 0. The maximum absolute atomic E-state index is 11.7. The van der Waals surface area contributed by atoms with E-state index in [-0.39, 0.29) is 36.2 Å². The fourth-order valence-electron chi connectivity index (χ4n) is 1.78. The Morgan fingerprint density at radius 1 is 0.889 bits per heavy atom. The highest BCUT2D eigenvalue weighted by atomic mass is 16.2. The normalized spacial score (nSPS) is 23.2. The van der Waals surface area contributed by atoms with Gasteiger partial charge in [0, 0.05) is 12.8 Å². The lowest BCUT2D eigenvalue weighted by molar-refractivity contribution is -0.137. The van der Waals surface area contributed by atoms with Crippen LogP contribution in [0.25, 0.3) is 0 Å². The lowest BCUT2D eigenvalue weighted by atomic mass is 10.0. The monoisotopic (exact) mass is 254 g/mol. The van der Waals surface area contributed by atoms with Crippen LogP contribution in [0.3, 0.4) is 0 Å². The molecule has 0 spiro atoms. The van der Waals surface area contributed by atoms with E-state index >= 15 is 0 Å². The molecule has 1 saturated heterocycles. The van der Waals surface area contributed by atoms with Crippen molar-refractivity contribution >= 4 is 23.4 Å². The highest BCUT2D eigenvalue weighted by Gasteiger charge is 2.33. The summed E-state index contributed by atoms with van der Waals surface area (Å²) in [6.07, 6.45) is 1.14. The average Bonchev–Trinajstić information content (AvgIpc) is 2.27. The third-order valence-corrected chi connectivity index (χ3v) is 2.84. The fraction of sp³-hybridized carbons (Fsp3) is 0.667. The summed E-state index contributed by atoms with van der Waals surface area (Å²) in [7, 11) is 0. The van der Waals surface area contributed by atoms with Gasteiger partial charge in [-0.3, -0.25) is 9.59 Å². The zero-order chi connectivity index (χ0) is 13.7. The Hall–Kier alpha value is -1.72. The second kappa shape index (κ2) is 6.28. The van der Waals surface area contributed by atoms with E-state index in [9.17, 15) is 19.2 Å². The molecule has 2 amide bonds. The molecule has 0 saturated carbocycles.